The molecule has 22 heavy (non-hydrogen) atoms. The Kier molecular flexibility index (Phi) is 4.18. The van der Waals surface area contributed by atoms with Gasteiger partial charge in [0, 0.05) is 11.2 Å². The van der Waals surface area contributed by atoms with Crippen molar-refractivity contribution < 1.29 is 4.79 Å². The van der Waals surface area contributed by atoms with Crippen LogP contribution in [-0.4, -0.2) is 15.9 Å². The third-order valence-electron chi connectivity index (χ3n) is 3.01. The van der Waals surface area contributed by atoms with Crippen molar-refractivity contribution in [2.24, 2.45) is 0 Å². The maximum Gasteiger partial charge on any atom is 0.276 e. The van der Waals surface area contributed by atoms with Crippen LogP contribution in [0.1, 0.15) is 16.2 Å². The first-order valence-corrected chi connectivity index (χ1v) is 7.78. The van der Waals surface area contributed by atoms with Crippen LogP contribution in [0, 0.1) is 6.92 Å². The standard InChI is InChI=1S/C16H12ClN3OS/c1-10-14(11-5-3-2-4-6-11)22-16(19-10)20-15(21)13-9-12(17)7-8-18-13/h2-9H,1H3,(H,19,20,21). The molecule has 0 atom stereocenters. The Morgan fingerprint density at radius 3 is 2.73 bits per heavy atom. The van der Waals surface area contributed by atoms with Gasteiger partial charge in [-0.25, -0.2) is 4.98 Å². The van der Waals surface area contributed by atoms with E-state index in [-0.39, 0.29) is 11.6 Å². The van der Waals surface area contributed by atoms with Crippen molar-refractivity contribution in [3.63, 3.8) is 0 Å². The number of thiazole rings is 1. The molecule has 0 unspecified atom stereocenters. The molecule has 4 nitrogen and oxygen atoms in total. The van der Waals surface area contributed by atoms with Gasteiger partial charge in [-0.2, -0.15) is 0 Å². The fourth-order valence-electron chi connectivity index (χ4n) is 2.00. The molecule has 1 amide bonds. The van der Waals surface area contributed by atoms with Crippen molar-refractivity contribution in [3.8, 4) is 10.4 Å². The zero-order chi connectivity index (χ0) is 15.5. The van der Waals surface area contributed by atoms with Crippen molar-refractivity contribution in [1.29, 1.82) is 0 Å². The summed E-state index contributed by atoms with van der Waals surface area (Å²) in [7, 11) is 0. The molecule has 0 bridgehead atoms. The number of aryl methyl sites for hydroxylation is 1. The SMILES string of the molecule is Cc1nc(NC(=O)c2cc(Cl)ccn2)sc1-c1ccccc1. The summed E-state index contributed by atoms with van der Waals surface area (Å²) in [6.07, 6.45) is 1.50. The van der Waals surface area contributed by atoms with Crippen LogP contribution in [0.3, 0.4) is 0 Å². The van der Waals surface area contributed by atoms with Crippen molar-refractivity contribution >= 4 is 34.0 Å². The molecular formula is C16H12ClN3OS. The van der Waals surface area contributed by atoms with Crippen LogP contribution in [0.15, 0.2) is 48.7 Å². The Bertz CT molecular complexity index is 817. The number of nitrogens with zero attached hydrogens (tertiary/aromatic N) is 2. The highest BCUT2D eigenvalue weighted by Gasteiger charge is 2.14. The lowest BCUT2D eigenvalue weighted by molar-refractivity contribution is 0.102. The molecule has 0 radical (unpaired) electrons. The number of benzene rings is 1. The lowest BCUT2D eigenvalue weighted by Crippen LogP contribution is -2.13. The van der Waals surface area contributed by atoms with Gasteiger partial charge in [-0.05, 0) is 24.6 Å². The van der Waals surface area contributed by atoms with E-state index >= 15 is 0 Å². The van der Waals surface area contributed by atoms with Crippen LogP contribution in [0.2, 0.25) is 5.02 Å². The summed E-state index contributed by atoms with van der Waals surface area (Å²) in [6.45, 7) is 1.92. The number of anilines is 1. The number of amides is 1. The van der Waals surface area contributed by atoms with Crippen LogP contribution in [0.5, 0.6) is 0 Å². The molecule has 6 heteroatoms. The summed E-state index contributed by atoms with van der Waals surface area (Å²) < 4.78 is 0. The number of hydrogen-bond donors (Lipinski definition) is 1. The van der Waals surface area contributed by atoms with Gasteiger partial charge in [0.25, 0.3) is 5.91 Å². The Balaban J connectivity index is 1.84. The average molecular weight is 330 g/mol. The highest BCUT2D eigenvalue weighted by molar-refractivity contribution is 7.19. The molecule has 0 aliphatic rings. The Morgan fingerprint density at radius 1 is 1.23 bits per heavy atom. The maximum absolute atomic E-state index is 12.2. The number of pyridine rings is 1. The predicted octanol–water partition coefficient (Wildman–Crippen LogP) is 4.42. The van der Waals surface area contributed by atoms with E-state index in [9.17, 15) is 4.79 Å². The van der Waals surface area contributed by atoms with Gasteiger partial charge in [-0.3, -0.25) is 15.1 Å². The van der Waals surface area contributed by atoms with E-state index < -0.39 is 0 Å². The van der Waals surface area contributed by atoms with E-state index in [0.29, 0.717) is 10.2 Å². The number of nitrogens with one attached hydrogen (secondary N) is 1. The normalized spacial score (nSPS) is 10.5. The zero-order valence-corrected chi connectivity index (χ0v) is 13.3. The van der Waals surface area contributed by atoms with Crippen LogP contribution >= 0.6 is 22.9 Å². The summed E-state index contributed by atoms with van der Waals surface area (Å²) in [5.74, 6) is -0.323. The van der Waals surface area contributed by atoms with Gasteiger partial charge in [-0.15, -0.1) is 0 Å². The van der Waals surface area contributed by atoms with E-state index in [1.165, 1.54) is 23.6 Å². The van der Waals surface area contributed by atoms with Gasteiger partial charge in [0.2, 0.25) is 0 Å². The van der Waals surface area contributed by atoms with E-state index in [1.54, 1.807) is 6.07 Å². The fraction of sp³-hybridized carbons (Fsp3) is 0.0625. The number of carbonyl (C=O) groups excluding carboxylic acids is 1. The first-order valence-electron chi connectivity index (χ1n) is 6.59. The molecule has 0 saturated heterocycles. The van der Waals surface area contributed by atoms with Crippen LogP contribution in [0.4, 0.5) is 5.13 Å². The summed E-state index contributed by atoms with van der Waals surface area (Å²) in [6, 6.07) is 13.1. The zero-order valence-electron chi connectivity index (χ0n) is 11.7. The fourth-order valence-corrected chi connectivity index (χ4v) is 3.12. The monoisotopic (exact) mass is 329 g/mol. The second-order valence-electron chi connectivity index (χ2n) is 4.61. The predicted molar refractivity (Wildman–Crippen MR) is 89.5 cm³/mol. The Hall–Kier alpha value is -2.24. The van der Waals surface area contributed by atoms with E-state index in [4.69, 9.17) is 11.6 Å². The Morgan fingerprint density at radius 2 is 2.00 bits per heavy atom. The number of halogens is 1. The van der Waals surface area contributed by atoms with Crippen LogP contribution in [0.25, 0.3) is 10.4 Å². The van der Waals surface area contributed by atoms with Crippen LogP contribution < -0.4 is 5.32 Å². The molecule has 3 rings (SSSR count). The lowest BCUT2D eigenvalue weighted by Gasteiger charge is -2.00. The number of aromatic nitrogens is 2. The van der Waals surface area contributed by atoms with Gasteiger partial charge < -0.3 is 0 Å². The number of rotatable bonds is 3. The van der Waals surface area contributed by atoms with Crippen molar-refractivity contribution in [2.75, 3.05) is 5.32 Å². The maximum atomic E-state index is 12.2. The molecule has 110 valence electrons. The first-order chi connectivity index (χ1) is 10.6. The molecule has 0 spiro atoms. The quantitative estimate of drug-likeness (QED) is 0.774. The second-order valence-corrected chi connectivity index (χ2v) is 6.05. The average Bonchev–Trinajstić information content (AvgIpc) is 2.88. The minimum atomic E-state index is -0.323. The molecule has 0 saturated carbocycles. The molecular weight excluding hydrogens is 318 g/mol. The molecule has 0 aliphatic heterocycles. The summed E-state index contributed by atoms with van der Waals surface area (Å²) >= 11 is 7.30. The Labute approximate surface area is 136 Å². The second kappa shape index (κ2) is 6.25. The minimum absolute atomic E-state index is 0.265. The molecule has 2 heterocycles. The third kappa shape index (κ3) is 3.16. The van der Waals surface area contributed by atoms with Crippen molar-refractivity contribution in [2.45, 2.75) is 6.92 Å². The smallest absolute Gasteiger partial charge is 0.276 e. The number of hydrogen-bond acceptors (Lipinski definition) is 4. The van der Waals surface area contributed by atoms with E-state index in [0.717, 1.165) is 16.1 Å². The van der Waals surface area contributed by atoms with Crippen molar-refractivity contribution in [3.05, 3.63) is 65.1 Å². The lowest BCUT2D eigenvalue weighted by atomic mass is 10.2. The summed E-state index contributed by atoms with van der Waals surface area (Å²) in [5, 5.41) is 3.78. The largest absolute Gasteiger partial charge is 0.296 e. The molecule has 0 aliphatic carbocycles. The van der Waals surface area contributed by atoms with Gasteiger partial charge in [-0.1, -0.05) is 53.3 Å². The minimum Gasteiger partial charge on any atom is -0.296 e. The summed E-state index contributed by atoms with van der Waals surface area (Å²) in [4.78, 5) is 21.6. The highest BCUT2D eigenvalue weighted by Crippen LogP contribution is 2.32. The van der Waals surface area contributed by atoms with E-state index in [2.05, 4.69) is 15.3 Å². The molecule has 0 fully saturated rings. The van der Waals surface area contributed by atoms with Gasteiger partial charge in [0.1, 0.15) is 5.69 Å². The molecule has 1 aromatic carbocycles. The third-order valence-corrected chi connectivity index (χ3v) is 4.36. The topological polar surface area (TPSA) is 54.9 Å². The van der Waals surface area contributed by atoms with Crippen LogP contribution in [-0.2, 0) is 0 Å². The highest BCUT2D eigenvalue weighted by atomic mass is 35.5. The summed E-state index contributed by atoms with van der Waals surface area (Å²) in [5.41, 5.74) is 2.23. The van der Waals surface area contributed by atoms with Crippen molar-refractivity contribution in [1.82, 2.24) is 9.97 Å². The van der Waals surface area contributed by atoms with Gasteiger partial charge >= 0.3 is 0 Å². The molecule has 2 aromatic heterocycles. The number of carbonyl (C=O) groups is 1. The molecule has 1 N–H and O–H groups in total. The van der Waals surface area contributed by atoms with Gasteiger partial charge in [0.15, 0.2) is 5.13 Å². The van der Waals surface area contributed by atoms with E-state index in [1.807, 2.05) is 37.3 Å². The first kappa shape index (κ1) is 14.7. The van der Waals surface area contributed by atoms with Gasteiger partial charge in [0.05, 0.1) is 10.6 Å². The molecule has 3 aromatic rings.